The molecule has 76 valence electrons. The van der Waals surface area contributed by atoms with Gasteiger partial charge in [0.1, 0.15) is 0 Å². The summed E-state index contributed by atoms with van der Waals surface area (Å²) >= 11 is 0. The molecule has 0 radical (unpaired) electrons. The molecular weight excluding hydrogens is 176 g/mol. The second kappa shape index (κ2) is 3.58. The molecule has 1 fully saturated rings. The zero-order valence-corrected chi connectivity index (χ0v) is 8.71. The van der Waals surface area contributed by atoms with Crippen LogP contribution in [0.2, 0.25) is 0 Å². The topological polar surface area (TPSA) is 34.1 Å². The van der Waals surface area contributed by atoms with Crippen LogP contribution in [0.5, 0.6) is 0 Å². The molecule has 0 aromatic carbocycles. The third-order valence-electron chi connectivity index (χ3n) is 2.52. The van der Waals surface area contributed by atoms with Crippen LogP contribution in [0.4, 0.5) is 5.69 Å². The van der Waals surface area contributed by atoms with Gasteiger partial charge in [-0.25, -0.2) is 0 Å². The lowest BCUT2D eigenvalue weighted by atomic mass is 9.89. The quantitative estimate of drug-likeness (QED) is 0.793. The molecule has 0 spiro atoms. The van der Waals surface area contributed by atoms with Gasteiger partial charge in [0.05, 0.1) is 13.2 Å². The van der Waals surface area contributed by atoms with E-state index in [0.29, 0.717) is 5.41 Å². The van der Waals surface area contributed by atoms with Gasteiger partial charge in [-0.05, 0) is 19.1 Å². The molecule has 0 bridgehead atoms. The number of rotatable bonds is 3. The molecule has 0 aliphatic carbocycles. The van der Waals surface area contributed by atoms with Crippen LogP contribution in [-0.2, 0) is 4.74 Å². The van der Waals surface area contributed by atoms with Gasteiger partial charge in [-0.15, -0.1) is 0 Å². The largest absolute Gasteiger partial charge is 0.384 e. The van der Waals surface area contributed by atoms with Crippen LogP contribution >= 0.6 is 0 Å². The summed E-state index contributed by atoms with van der Waals surface area (Å²) in [6, 6.07) is 4.05. The fourth-order valence-corrected chi connectivity index (χ4v) is 1.52. The Morgan fingerprint density at radius 3 is 2.93 bits per heavy atom. The molecule has 1 N–H and O–H groups in total. The molecule has 0 atom stereocenters. The molecule has 1 aliphatic heterocycles. The summed E-state index contributed by atoms with van der Waals surface area (Å²) in [7, 11) is 0. The minimum atomic E-state index is 0.317. The van der Waals surface area contributed by atoms with Crippen LogP contribution in [0.15, 0.2) is 18.3 Å². The van der Waals surface area contributed by atoms with Gasteiger partial charge in [-0.2, -0.15) is 0 Å². The molecule has 0 saturated carbocycles. The number of aromatic nitrogens is 1. The number of nitrogens with one attached hydrogen (secondary N) is 1. The van der Waals surface area contributed by atoms with E-state index in [1.165, 1.54) is 0 Å². The Labute approximate surface area is 84.5 Å². The predicted molar refractivity (Wildman–Crippen MR) is 56.4 cm³/mol. The third-order valence-corrected chi connectivity index (χ3v) is 2.52. The second-order valence-electron chi connectivity index (χ2n) is 4.34. The summed E-state index contributed by atoms with van der Waals surface area (Å²) in [4.78, 5) is 4.15. The van der Waals surface area contributed by atoms with Gasteiger partial charge in [0.15, 0.2) is 0 Å². The lowest BCUT2D eigenvalue weighted by Gasteiger charge is -2.38. The van der Waals surface area contributed by atoms with Crippen LogP contribution in [0.25, 0.3) is 0 Å². The van der Waals surface area contributed by atoms with Crippen LogP contribution in [0, 0.1) is 12.3 Å². The van der Waals surface area contributed by atoms with Crippen molar-refractivity contribution < 1.29 is 4.74 Å². The Hall–Kier alpha value is -1.09. The number of ether oxygens (including phenoxy) is 1. The molecule has 3 heteroatoms. The van der Waals surface area contributed by atoms with E-state index in [-0.39, 0.29) is 0 Å². The lowest BCUT2D eigenvalue weighted by molar-refractivity contribution is -0.0924. The average Bonchev–Trinajstić information content (AvgIpc) is 2.12. The maximum Gasteiger partial charge on any atom is 0.0559 e. The Balaban J connectivity index is 1.91. The Morgan fingerprint density at radius 1 is 1.57 bits per heavy atom. The summed E-state index contributed by atoms with van der Waals surface area (Å²) in [5.74, 6) is 0. The smallest absolute Gasteiger partial charge is 0.0559 e. The van der Waals surface area contributed by atoms with Crippen molar-refractivity contribution >= 4 is 5.69 Å². The first-order valence-electron chi connectivity index (χ1n) is 4.92. The molecule has 3 nitrogen and oxygen atoms in total. The van der Waals surface area contributed by atoms with E-state index in [2.05, 4.69) is 23.3 Å². The van der Waals surface area contributed by atoms with Crippen molar-refractivity contribution in [2.24, 2.45) is 5.41 Å². The van der Waals surface area contributed by atoms with Crippen LogP contribution in [-0.4, -0.2) is 24.7 Å². The van der Waals surface area contributed by atoms with Crippen LogP contribution < -0.4 is 5.32 Å². The van der Waals surface area contributed by atoms with E-state index >= 15 is 0 Å². The minimum absolute atomic E-state index is 0.317. The maximum atomic E-state index is 5.20. The molecule has 2 heterocycles. The number of hydrogen-bond acceptors (Lipinski definition) is 3. The van der Waals surface area contributed by atoms with Gasteiger partial charge in [0, 0.05) is 29.5 Å². The highest BCUT2D eigenvalue weighted by Gasteiger charge is 2.32. The van der Waals surface area contributed by atoms with Gasteiger partial charge in [0.2, 0.25) is 0 Å². The monoisotopic (exact) mass is 192 g/mol. The summed E-state index contributed by atoms with van der Waals surface area (Å²) < 4.78 is 5.20. The second-order valence-corrected chi connectivity index (χ2v) is 4.34. The normalized spacial score (nSPS) is 18.7. The highest BCUT2D eigenvalue weighted by molar-refractivity contribution is 5.43. The fraction of sp³-hybridized carbons (Fsp3) is 0.545. The standard InChI is InChI=1S/C11H16N2O/c1-9-5-10(3-4-12-9)13-6-11(2)7-14-8-11/h3-5H,6-8H2,1-2H3,(H,12,13). The number of anilines is 1. The van der Waals surface area contributed by atoms with E-state index in [4.69, 9.17) is 4.74 Å². The van der Waals surface area contributed by atoms with E-state index in [1.54, 1.807) is 0 Å². The minimum Gasteiger partial charge on any atom is -0.384 e. The molecule has 0 unspecified atom stereocenters. The van der Waals surface area contributed by atoms with Gasteiger partial charge in [-0.1, -0.05) is 6.92 Å². The van der Waals surface area contributed by atoms with Crippen molar-refractivity contribution in [3.63, 3.8) is 0 Å². The molecule has 14 heavy (non-hydrogen) atoms. The molecule has 1 aliphatic rings. The predicted octanol–water partition coefficient (Wildman–Crippen LogP) is 1.84. The van der Waals surface area contributed by atoms with Crippen molar-refractivity contribution in [2.45, 2.75) is 13.8 Å². The highest BCUT2D eigenvalue weighted by Crippen LogP contribution is 2.26. The van der Waals surface area contributed by atoms with E-state index in [9.17, 15) is 0 Å². The van der Waals surface area contributed by atoms with Crippen molar-refractivity contribution in [3.05, 3.63) is 24.0 Å². The van der Waals surface area contributed by atoms with Crippen LogP contribution in [0.1, 0.15) is 12.6 Å². The van der Waals surface area contributed by atoms with Crippen LogP contribution in [0.3, 0.4) is 0 Å². The van der Waals surface area contributed by atoms with Gasteiger partial charge >= 0.3 is 0 Å². The van der Waals surface area contributed by atoms with Crippen molar-refractivity contribution in [1.29, 1.82) is 0 Å². The fourth-order valence-electron chi connectivity index (χ4n) is 1.52. The molecule has 1 aromatic heterocycles. The number of pyridine rings is 1. The first-order chi connectivity index (χ1) is 6.68. The Morgan fingerprint density at radius 2 is 2.36 bits per heavy atom. The zero-order chi connectivity index (χ0) is 10.0. The Kier molecular flexibility index (Phi) is 2.42. The third kappa shape index (κ3) is 2.04. The summed E-state index contributed by atoms with van der Waals surface area (Å²) in [5, 5.41) is 3.41. The maximum absolute atomic E-state index is 5.20. The lowest BCUT2D eigenvalue weighted by Crippen LogP contribution is -2.45. The van der Waals surface area contributed by atoms with E-state index < -0.39 is 0 Å². The van der Waals surface area contributed by atoms with Crippen molar-refractivity contribution in [3.8, 4) is 0 Å². The molecule has 1 aromatic rings. The summed E-state index contributed by atoms with van der Waals surface area (Å²) in [6.07, 6.45) is 1.83. The van der Waals surface area contributed by atoms with Gasteiger partial charge in [-0.3, -0.25) is 4.98 Å². The molecule has 1 saturated heterocycles. The summed E-state index contributed by atoms with van der Waals surface area (Å²) in [6.45, 7) is 6.93. The first-order valence-corrected chi connectivity index (χ1v) is 4.92. The number of nitrogens with zero attached hydrogens (tertiary/aromatic N) is 1. The van der Waals surface area contributed by atoms with Gasteiger partial charge in [0.25, 0.3) is 0 Å². The van der Waals surface area contributed by atoms with E-state index in [1.807, 2.05) is 19.2 Å². The van der Waals surface area contributed by atoms with E-state index in [0.717, 1.165) is 31.1 Å². The number of aryl methyl sites for hydroxylation is 1. The summed E-state index contributed by atoms with van der Waals surface area (Å²) in [5.41, 5.74) is 2.51. The number of hydrogen-bond donors (Lipinski definition) is 1. The molecular formula is C11H16N2O. The highest BCUT2D eigenvalue weighted by atomic mass is 16.5. The van der Waals surface area contributed by atoms with Crippen molar-refractivity contribution in [2.75, 3.05) is 25.1 Å². The van der Waals surface area contributed by atoms with Crippen molar-refractivity contribution in [1.82, 2.24) is 4.98 Å². The average molecular weight is 192 g/mol. The Bertz CT molecular complexity index is 321. The van der Waals surface area contributed by atoms with Gasteiger partial charge < -0.3 is 10.1 Å². The SMILES string of the molecule is Cc1cc(NCC2(C)COC2)ccn1. The zero-order valence-electron chi connectivity index (χ0n) is 8.71. The molecule has 2 rings (SSSR count). The molecule has 0 amide bonds. The first kappa shape index (κ1) is 9.46.